The van der Waals surface area contributed by atoms with Gasteiger partial charge in [-0.2, -0.15) is 5.01 Å². The molecule has 5 rings (SSSR count). The van der Waals surface area contributed by atoms with Crippen LogP contribution >= 0.6 is 11.3 Å². The molecule has 1 fully saturated rings. The predicted molar refractivity (Wildman–Crippen MR) is 135 cm³/mol. The highest BCUT2D eigenvalue weighted by Gasteiger charge is 2.28. The fourth-order valence-electron chi connectivity index (χ4n) is 4.63. The van der Waals surface area contributed by atoms with E-state index in [4.69, 9.17) is 10.3 Å². The Morgan fingerprint density at radius 3 is 2.69 bits per heavy atom. The quantitative estimate of drug-likeness (QED) is 0.320. The van der Waals surface area contributed by atoms with Crippen LogP contribution in [0.15, 0.2) is 35.0 Å². The molecule has 0 atom stereocenters. The second-order valence-corrected chi connectivity index (χ2v) is 9.85. The summed E-state index contributed by atoms with van der Waals surface area (Å²) in [6.45, 7) is 7.09. The van der Waals surface area contributed by atoms with E-state index in [0.29, 0.717) is 31.9 Å². The van der Waals surface area contributed by atoms with Crippen molar-refractivity contribution in [2.45, 2.75) is 40.0 Å². The summed E-state index contributed by atoms with van der Waals surface area (Å²) < 4.78 is 5.34. The summed E-state index contributed by atoms with van der Waals surface area (Å²) in [6, 6.07) is 7.88. The molecule has 35 heavy (non-hydrogen) atoms. The van der Waals surface area contributed by atoms with Gasteiger partial charge < -0.3 is 5.73 Å². The minimum atomic E-state index is -0.412. The molecule has 0 radical (unpaired) electrons. The number of piperidine rings is 1. The van der Waals surface area contributed by atoms with Crippen LogP contribution in [-0.4, -0.2) is 35.0 Å². The van der Waals surface area contributed by atoms with Gasteiger partial charge in [0.05, 0.1) is 29.3 Å². The zero-order chi connectivity index (χ0) is 24.7. The lowest BCUT2D eigenvalue weighted by Crippen LogP contribution is -2.60. The van der Waals surface area contributed by atoms with Crippen LogP contribution in [0.5, 0.6) is 0 Å². The van der Waals surface area contributed by atoms with Gasteiger partial charge in [-0.05, 0) is 45.6 Å². The van der Waals surface area contributed by atoms with Crippen LogP contribution in [0.1, 0.15) is 57.5 Å². The van der Waals surface area contributed by atoms with Crippen molar-refractivity contribution in [2.75, 3.05) is 29.1 Å². The molecular formula is C25H27N6O3S+. The van der Waals surface area contributed by atoms with Crippen molar-refractivity contribution in [3.8, 4) is 11.1 Å². The number of hydrogen-bond donors (Lipinski definition) is 2. The van der Waals surface area contributed by atoms with Gasteiger partial charge in [0, 0.05) is 16.5 Å². The Labute approximate surface area is 206 Å². The topological polar surface area (TPSA) is 118 Å². The van der Waals surface area contributed by atoms with E-state index < -0.39 is 5.91 Å². The summed E-state index contributed by atoms with van der Waals surface area (Å²) in [7, 11) is 0. The number of aromatic nitrogens is 3. The molecule has 1 aliphatic rings. The van der Waals surface area contributed by atoms with Gasteiger partial charge >= 0.3 is 5.88 Å². The van der Waals surface area contributed by atoms with Crippen molar-refractivity contribution in [1.82, 2.24) is 10.3 Å². The van der Waals surface area contributed by atoms with Crippen molar-refractivity contribution in [3.63, 3.8) is 0 Å². The molecule has 4 aromatic rings. The molecule has 180 valence electrons. The van der Waals surface area contributed by atoms with Crippen molar-refractivity contribution in [1.29, 1.82) is 0 Å². The number of ketones is 1. The van der Waals surface area contributed by atoms with Gasteiger partial charge in [0.15, 0.2) is 5.78 Å². The summed E-state index contributed by atoms with van der Waals surface area (Å²) in [5, 5.41) is 9.47. The van der Waals surface area contributed by atoms with E-state index in [1.807, 2.05) is 31.2 Å². The Morgan fingerprint density at radius 1 is 1.20 bits per heavy atom. The van der Waals surface area contributed by atoms with Crippen LogP contribution < -0.4 is 20.9 Å². The molecular weight excluding hydrogens is 464 g/mol. The number of anilines is 2. The average molecular weight is 492 g/mol. The molecule has 0 bridgehead atoms. The van der Waals surface area contributed by atoms with Crippen LogP contribution in [-0.2, 0) is 0 Å². The number of carbonyl (C=O) groups excluding carboxylic acids is 2. The number of benzene rings is 1. The summed E-state index contributed by atoms with van der Waals surface area (Å²) >= 11 is 1.19. The second kappa shape index (κ2) is 9.10. The smallest absolute Gasteiger partial charge is 0.306 e. The zero-order valence-electron chi connectivity index (χ0n) is 19.9. The SMILES string of the molecule is CC(=O)c1c(C)nc2sc(C(=O)Nc3c[n+](N4CCCCC4)no3)c(N)c2c1-c1cccc(C)c1. The number of pyridine rings is 1. The molecule has 3 aromatic heterocycles. The van der Waals surface area contributed by atoms with Gasteiger partial charge in [-0.1, -0.05) is 29.8 Å². The van der Waals surface area contributed by atoms with Crippen LogP contribution in [0.4, 0.5) is 11.6 Å². The monoisotopic (exact) mass is 491 g/mol. The van der Waals surface area contributed by atoms with Crippen LogP contribution in [0.3, 0.4) is 0 Å². The summed E-state index contributed by atoms with van der Waals surface area (Å²) in [5.41, 5.74) is 10.6. The number of nitrogens with one attached hydrogen (secondary N) is 1. The third-order valence-electron chi connectivity index (χ3n) is 6.24. The molecule has 1 aliphatic heterocycles. The van der Waals surface area contributed by atoms with Crippen LogP contribution in [0.2, 0.25) is 0 Å². The van der Waals surface area contributed by atoms with E-state index in [1.54, 1.807) is 17.9 Å². The van der Waals surface area contributed by atoms with Crippen molar-refractivity contribution >= 4 is 44.8 Å². The molecule has 1 amide bonds. The number of Topliss-reactive ketones (excluding diaryl/α,β-unsaturated/α-hetero) is 1. The van der Waals surface area contributed by atoms with Gasteiger partial charge in [0.25, 0.3) is 12.1 Å². The molecule has 0 unspecified atom stereocenters. The Balaban J connectivity index is 1.55. The molecule has 0 saturated carbocycles. The van der Waals surface area contributed by atoms with E-state index in [-0.39, 0.29) is 17.4 Å². The maximum Gasteiger partial charge on any atom is 0.306 e. The van der Waals surface area contributed by atoms with Crippen molar-refractivity contribution in [2.24, 2.45) is 0 Å². The first kappa shape index (κ1) is 23.0. The summed E-state index contributed by atoms with van der Waals surface area (Å²) in [4.78, 5) is 33.0. The lowest BCUT2D eigenvalue weighted by Gasteiger charge is -2.17. The first-order valence-corrected chi connectivity index (χ1v) is 12.4. The molecule has 0 spiro atoms. The van der Waals surface area contributed by atoms with Gasteiger partial charge in [-0.25, -0.2) is 4.98 Å². The summed E-state index contributed by atoms with van der Waals surface area (Å²) in [5.74, 6) is -0.288. The fourth-order valence-corrected chi connectivity index (χ4v) is 5.68. The van der Waals surface area contributed by atoms with E-state index in [9.17, 15) is 9.59 Å². The highest BCUT2D eigenvalue weighted by molar-refractivity contribution is 7.21. The lowest BCUT2D eigenvalue weighted by atomic mass is 9.92. The summed E-state index contributed by atoms with van der Waals surface area (Å²) in [6.07, 6.45) is 5.05. The fraction of sp³-hybridized carbons (Fsp3) is 0.320. The highest BCUT2D eigenvalue weighted by atomic mass is 32.1. The van der Waals surface area contributed by atoms with Crippen molar-refractivity contribution < 1.29 is 18.9 Å². The Morgan fingerprint density at radius 2 is 1.97 bits per heavy atom. The molecule has 1 saturated heterocycles. The Hall–Kier alpha value is -3.79. The number of rotatable bonds is 5. The minimum Gasteiger partial charge on any atom is -0.397 e. The minimum absolute atomic E-state index is 0.103. The molecule has 3 N–H and O–H groups in total. The molecule has 1 aromatic carbocycles. The van der Waals surface area contributed by atoms with Gasteiger partial charge in [0.2, 0.25) is 5.27 Å². The van der Waals surface area contributed by atoms with E-state index in [2.05, 4.69) is 20.6 Å². The van der Waals surface area contributed by atoms with Crippen molar-refractivity contribution in [3.05, 3.63) is 52.2 Å². The average Bonchev–Trinajstić information content (AvgIpc) is 3.43. The Bertz CT molecular complexity index is 1450. The number of nitrogens with zero attached hydrogens (tertiary/aromatic N) is 4. The maximum absolute atomic E-state index is 13.2. The first-order valence-electron chi connectivity index (χ1n) is 11.6. The standard InChI is InChI=1S/C25H26N6O3S/c1-14-8-7-9-17(12-14)20-19(16(3)32)15(2)27-25-21(20)22(26)23(35-25)24(33)28-18-13-31(29-34-18)30-10-5-4-6-11-30/h7-9,12-13H,4-6,10-11H2,1-3H3,(H2-,26,28,29,33)/p+1. The number of aryl methyl sites for hydroxylation is 2. The van der Waals surface area contributed by atoms with E-state index >= 15 is 0 Å². The lowest BCUT2D eigenvalue weighted by molar-refractivity contribution is -0.759. The molecule has 9 nitrogen and oxygen atoms in total. The maximum atomic E-state index is 13.2. The number of nitrogen functional groups attached to an aromatic ring is 1. The molecule has 0 aliphatic carbocycles. The van der Waals surface area contributed by atoms with Gasteiger partial charge in [0.1, 0.15) is 9.71 Å². The molecule has 4 heterocycles. The van der Waals surface area contributed by atoms with Crippen LogP contribution in [0, 0.1) is 13.8 Å². The first-order chi connectivity index (χ1) is 16.8. The van der Waals surface area contributed by atoms with E-state index in [1.165, 1.54) is 24.7 Å². The number of fused-ring (bicyclic) bond motifs is 1. The number of carbonyl (C=O) groups is 2. The highest BCUT2D eigenvalue weighted by Crippen LogP contribution is 2.42. The number of nitrogens with two attached hydrogens (primary N) is 1. The normalized spacial score (nSPS) is 13.9. The number of hydrogen-bond acceptors (Lipinski definition) is 8. The largest absolute Gasteiger partial charge is 0.397 e. The molecule has 10 heteroatoms. The zero-order valence-corrected chi connectivity index (χ0v) is 20.7. The third kappa shape index (κ3) is 4.25. The second-order valence-electron chi connectivity index (χ2n) is 8.85. The Kier molecular flexibility index (Phi) is 5.98. The number of amides is 1. The predicted octanol–water partition coefficient (Wildman–Crippen LogP) is 4.01. The van der Waals surface area contributed by atoms with E-state index in [0.717, 1.165) is 37.1 Å². The van der Waals surface area contributed by atoms with Crippen LogP contribution in [0.25, 0.3) is 21.3 Å². The third-order valence-corrected chi connectivity index (χ3v) is 7.34. The number of thiophene rings is 1. The van der Waals surface area contributed by atoms with Gasteiger partial charge in [-0.15, -0.1) is 11.3 Å². The van der Waals surface area contributed by atoms with Gasteiger partial charge in [-0.3, -0.25) is 19.4 Å².